The molecular formula is C13H15N3O7. The summed E-state index contributed by atoms with van der Waals surface area (Å²) >= 11 is 0. The maximum Gasteiger partial charge on any atom is 0.326 e. The summed E-state index contributed by atoms with van der Waals surface area (Å²) in [4.78, 5) is 43.1. The normalized spacial score (nSPS) is 11.8. The zero-order valence-corrected chi connectivity index (χ0v) is 12.4. The highest BCUT2D eigenvalue weighted by molar-refractivity contribution is 6.00. The topological polar surface area (TPSA) is 153 Å². The molecule has 0 aliphatic rings. The Kier molecular flexibility index (Phi) is 5.71. The number of benzene rings is 1. The van der Waals surface area contributed by atoms with Gasteiger partial charge in [0.1, 0.15) is 11.6 Å². The summed E-state index contributed by atoms with van der Waals surface area (Å²) in [5, 5.41) is 32.9. The van der Waals surface area contributed by atoms with Crippen LogP contribution in [-0.4, -0.2) is 32.9 Å². The van der Waals surface area contributed by atoms with Gasteiger partial charge < -0.3 is 10.4 Å². The number of hydrogen-bond donors (Lipinski definition) is 2. The van der Waals surface area contributed by atoms with Crippen LogP contribution in [0.4, 0.5) is 11.4 Å². The van der Waals surface area contributed by atoms with Crippen molar-refractivity contribution in [2.75, 3.05) is 0 Å². The molecule has 1 aromatic carbocycles. The number of carbonyl (C=O) groups excluding carboxylic acids is 1. The minimum atomic E-state index is -1.27. The smallest absolute Gasteiger partial charge is 0.326 e. The summed E-state index contributed by atoms with van der Waals surface area (Å²) in [6.45, 7) is 3.52. The van der Waals surface area contributed by atoms with Crippen LogP contribution in [-0.2, 0) is 4.79 Å². The Balaban J connectivity index is 3.14. The molecule has 0 aliphatic carbocycles. The van der Waals surface area contributed by atoms with Crippen LogP contribution in [0.2, 0.25) is 0 Å². The van der Waals surface area contributed by atoms with Gasteiger partial charge in [-0.3, -0.25) is 25.0 Å². The van der Waals surface area contributed by atoms with Crippen molar-refractivity contribution in [3.63, 3.8) is 0 Å². The number of carboxylic acid groups (broad SMARTS) is 1. The molecule has 0 saturated heterocycles. The van der Waals surface area contributed by atoms with Crippen molar-refractivity contribution in [2.24, 2.45) is 5.92 Å². The summed E-state index contributed by atoms with van der Waals surface area (Å²) < 4.78 is 0. The number of carboxylic acids is 1. The lowest BCUT2D eigenvalue weighted by Crippen LogP contribution is -2.41. The summed E-state index contributed by atoms with van der Waals surface area (Å²) in [6.07, 6.45) is 0.141. The zero-order valence-electron chi connectivity index (χ0n) is 12.4. The maximum absolute atomic E-state index is 12.1. The lowest BCUT2D eigenvalue weighted by atomic mass is 10.0. The third kappa shape index (κ3) is 4.73. The number of aliphatic carboxylic acids is 1. The number of nitro benzene ring substituents is 2. The van der Waals surface area contributed by atoms with Gasteiger partial charge in [-0.1, -0.05) is 13.8 Å². The summed E-state index contributed by atoms with van der Waals surface area (Å²) in [5.74, 6) is -2.26. The van der Waals surface area contributed by atoms with Crippen LogP contribution in [0.15, 0.2) is 18.2 Å². The van der Waals surface area contributed by atoms with E-state index in [1.807, 2.05) is 0 Å². The second-order valence-corrected chi connectivity index (χ2v) is 5.21. The van der Waals surface area contributed by atoms with Crippen LogP contribution in [0.3, 0.4) is 0 Å². The van der Waals surface area contributed by atoms with Gasteiger partial charge in [0, 0.05) is 6.07 Å². The molecule has 2 N–H and O–H groups in total. The molecule has 1 atom stereocenters. The molecule has 0 spiro atoms. The monoisotopic (exact) mass is 325 g/mol. The van der Waals surface area contributed by atoms with Gasteiger partial charge in [-0.05, 0) is 18.4 Å². The van der Waals surface area contributed by atoms with Crippen molar-refractivity contribution in [1.82, 2.24) is 5.32 Å². The maximum atomic E-state index is 12.1. The Morgan fingerprint density at radius 3 is 2.26 bits per heavy atom. The molecule has 1 aromatic rings. The van der Waals surface area contributed by atoms with Crippen molar-refractivity contribution >= 4 is 23.3 Å². The second kappa shape index (κ2) is 7.29. The first-order chi connectivity index (χ1) is 10.6. The fourth-order valence-corrected chi connectivity index (χ4v) is 1.91. The molecule has 0 heterocycles. The SMILES string of the molecule is CC(C)C[C@@H](NC(=O)c1ccc([N+](=O)[O-])cc1[N+](=O)[O-])C(=O)O. The van der Waals surface area contributed by atoms with Gasteiger partial charge in [-0.15, -0.1) is 0 Å². The molecule has 0 aliphatic heterocycles. The summed E-state index contributed by atoms with van der Waals surface area (Å²) in [7, 11) is 0. The largest absolute Gasteiger partial charge is 0.480 e. The summed E-state index contributed by atoms with van der Waals surface area (Å²) in [5.41, 5.74) is -1.73. The van der Waals surface area contributed by atoms with Gasteiger partial charge in [0.15, 0.2) is 0 Å². The number of nitro groups is 2. The molecule has 23 heavy (non-hydrogen) atoms. The number of nitrogens with zero attached hydrogens (tertiary/aromatic N) is 2. The van der Waals surface area contributed by atoms with E-state index in [9.17, 15) is 29.8 Å². The first-order valence-electron chi connectivity index (χ1n) is 6.60. The van der Waals surface area contributed by atoms with Gasteiger partial charge in [0.05, 0.1) is 15.9 Å². The summed E-state index contributed by atoms with van der Waals surface area (Å²) in [6, 6.07) is 1.32. The Morgan fingerprint density at radius 2 is 1.83 bits per heavy atom. The number of hydrogen-bond acceptors (Lipinski definition) is 6. The average molecular weight is 325 g/mol. The predicted molar refractivity (Wildman–Crippen MR) is 78.1 cm³/mol. The van der Waals surface area contributed by atoms with E-state index in [0.29, 0.717) is 6.07 Å². The fraction of sp³-hybridized carbons (Fsp3) is 0.385. The van der Waals surface area contributed by atoms with Crippen molar-refractivity contribution in [3.8, 4) is 0 Å². The van der Waals surface area contributed by atoms with Crippen LogP contribution in [0.1, 0.15) is 30.6 Å². The molecule has 0 fully saturated rings. The van der Waals surface area contributed by atoms with E-state index in [1.54, 1.807) is 13.8 Å². The van der Waals surface area contributed by atoms with E-state index in [-0.39, 0.29) is 12.3 Å². The van der Waals surface area contributed by atoms with Crippen molar-refractivity contribution in [1.29, 1.82) is 0 Å². The van der Waals surface area contributed by atoms with E-state index in [4.69, 9.17) is 5.11 Å². The first kappa shape index (κ1) is 18.0. The van der Waals surface area contributed by atoms with Crippen molar-refractivity contribution in [2.45, 2.75) is 26.3 Å². The zero-order chi connectivity index (χ0) is 17.7. The van der Waals surface area contributed by atoms with Gasteiger partial charge in [-0.2, -0.15) is 0 Å². The Bertz CT molecular complexity index is 657. The minimum absolute atomic E-state index is 0.0248. The van der Waals surface area contributed by atoms with Crippen LogP contribution >= 0.6 is 0 Å². The lowest BCUT2D eigenvalue weighted by molar-refractivity contribution is -0.394. The average Bonchev–Trinajstić information content (AvgIpc) is 2.44. The number of rotatable bonds is 7. The van der Waals surface area contributed by atoms with Crippen molar-refractivity contribution < 1.29 is 24.5 Å². The molecule has 0 aromatic heterocycles. The van der Waals surface area contributed by atoms with E-state index in [1.165, 1.54) is 0 Å². The fourth-order valence-electron chi connectivity index (χ4n) is 1.91. The Labute approximate surface area is 130 Å². The van der Waals surface area contributed by atoms with E-state index in [2.05, 4.69) is 5.32 Å². The predicted octanol–water partition coefficient (Wildman–Crippen LogP) is 1.73. The van der Waals surface area contributed by atoms with E-state index < -0.39 is 44.7 Å². The number of nitrogens with one attached hydrogen (secondary N) is 1. The van der Waals surface area contributed by atoms with Gasteiger partial charge >= 0.3 is 5.97 Å². The van der Waals surface area contributed by atoms with Gasteiger partial charge in [-0.25, -0.2) is 4.79 Å². The molecule has 0 unspecified atom stereocenters. The first-order valence-corrected chi connectivity index (χ1v) is 6.60. The quantitative estimate of drug-likeness (QED) is 0.571. The van der Waals surface area contributed by atoms with Crippen LogP contribution in [0, 0.1) is 26.1 Å². The third-order valence-electron chi connectivity index (χ3n) is 2.94. The number of non-ortho nitro benzene ring substituents is 1. The standard InChI is InChI=1S/C13H15N3O7/c1-7(2)5-10(13(18)19)14-12(17)9-4-3-8(15(20)21)6-11(9)16(22)23/h3-4,6-7,10H,5H2,1-2H3,(H,14,17)(H,18,19)/t10-/m1/s1. The highest BCUT2D eigenvalue weighted by atomic mass is 16.6. The highest BCUT2D eigenvalue weighted by Crippen LogP contribution is 2.24. The van der Waals surface area contributed by atoms with E-state index >= 15 is 0 Å². The van der Waals surface area contributed by atoms with Crippen LogP contribution in [0.5, 0.6) is 0 Å². The third-order valence-corrected chi connectivity index (χ3v) is 2.94. The van der Waals surface area contributed by atoms with E-state index in [0.717, 1.165) is 12.1 Å². The van der Waals surface area contributed by atoms with Gasteiger partial charge in [0.2, 0.25) is 0 Å². The Hall–Kier alpha value is -3.04. The second-order valence-electron chi connectivity index (χ2n) is 5.21. The molecule has 0 saturated carbocycles. The molecular weight excluding hydrogens is 310 g/mol. The molecule has 0 radical (unpaired) electrons. The minimum Gasteiger partial charge on any atom is -0.480 e. The Morgan fingerprint density at radius 1 is 1.22 bits per heavy atom. The highest BCUT2D eigenvalue weighted by Gasteiger charge is 2.28. The molecule has 124 valence electrons. The molecule has 10 heteroatoms. The van der Waals surface area contributed by atoms with Crippen LogP contribution < -0.4 is 5.32 Å². The van der Waals surface area contributed by atoms with Crippen molar-refractivity contribution in [3.05, 3.63) is 44.0 Å². The number of amides is 1. The number of carbonyl (C=O) groups is 2. The van der Waals surface area contributed by atoms with Crippen LogP contribution in [0.25, 0.3) is 0 Å². The van der Waals surface area contributed by atoms with Gasteiger partial charge in [0.25, 0.3) is 17.3 Å². The molecule has 0 bridgehead atoms. The molecule has 1 rings (SSSR count). The molecule has 1 amide bonds. The molecule has 10 nitrogen and oxygen atoms in total. The lowest BCUT2D eigenvalue weighted by Gasteiger charge is -2.16.